The second-order valence-electron chi connectivity index (χ2n) is 8.46. The molecule has 0 spiro atoms. The van der Waals surface area contributed by atoms with Crippen molar-refractivity contribution in [2.24, 2.45) is 0 Å². The van der Waals surface area contributed by atoms with Crippen LogP contribution in [-0.2, 0) is 28.6 Å². The highest BCUT2D eigenvalue weighted by Gasteiger charge is 2.35. The third-order valence-electron chi connectivity index (χ3n) is 6.15. The molecule has 1 atom stereocenters. The highest BCUT2D eigenvalue weighted by Crippen LogP contribution is 2.41. The number of nitrogens with zero attached hydrogens (tertiary/aromatic N) is 1. The van der Waals surface area contributed by atoms with Crippen molar-refractivity contribution >= 4 is 23.5 Å². The van der Waals surface area contributed by atoms with Crippen molar-refractivity contribution in [1.82, 2.24) is 4.90 Å². The Morgan fingerprint density at radius 2 is 1.75 bits per heavy atom. The van der Waals surface area contributed by atoms with Crippen LogP contribution in [0.15, 0.2) is 66.7 Å². The predicted octanol–water partition coefficient (Wildman–Crippen LogP) is 5.93. The number of carbonyl (C=O) groups excluding carboxylic acids is 1. The molecule has 0 fully saturated rings. The Balaban J connectivity index is 1.68. The van der Waals surface area contributed by atoms with Gasteiger partial charge in [0.25, 0.3) is 0 Å². The van der Waals surface area contributed by atoms with E-state index in [1.807, 2.05) is 24.3 Å². The van der Waals surface area contributed by atoms with E-state index in [0.717, 1.165) is 17.2 Å². The molecule has 188 valence electrons. The molecule has 1 aliphatic rings. The minimum atomic E-state index is -4.51. The average molecular weight is 518 g/mol. The minimum Gasteiger partial charge on any atom is -0.482 e. The standard InChI is InChI=1S/C27H23ClF3NO4/c28-19-10-11-23(36-16-25(34)35)21(15-19)26-20-7-3-1-5-17(20)13-14-32(26)24(33)12-9-18-6-2-4-8-22(18)27(29,30)31/h1-8,10-11,15,26H,9,12-14,16H2,(H,34,35). The summed E-state index contributed by atoms with van der Waals surface area (Å²) in [6.07, 6.45) is -4.14. The summed E-state index contributed by atoms with van der Waals surface area (Å²) in [6.45, 7) is -0.239. The van der Waals surface area contributed by atoms with Crippen molar-refractivity contribution in [2.45, 2.75) is 31.5 Å². The van der Waals surface area contributed by atoms with Crippen LogP contribution in [0.3, 0.4) is 0 Å². The first-order valence-electron chi connectivity index (χ1n) is 11.3. The summed E-state index contributed by atoms with van der Waals surface area (Å²) >= 11 is 6.27. The van der Waals surface area contributed by atoms with Crippen molar-refractivity contribution < 1.29 is 32.6 Å². The van der Waals surface area contributed by atoms with Crippen LogP contribution >= 0.6 is 11.6 Å². The summed E-state index contributed by atoms with van der Waals surface area (Å²) in [4.78, 5) is 26.2. The molecule has 36 heavy (non-hydrogen) atoms. The van der Waals surface area contributed by atoms with Crippen LogP contribution < -0.4 is 4.74 Å². The quantitative estimate of drug-likeness (QED) is 0.422. The molecule has 0 bridgehead atoms. The maximum Gasteiger partial charge on any atom is 0.416 e. The van der Waals surface area contributed by atoms with E-state index < -0.39 is 30.4 Å². The maximum absolute atomic E-state index is 13.5. The fourth-order valence-corrected chi connectivity index (χ4v) is 4.76. The lowest BCUT2D eigenvalue weighted by Gasteiger charge is -2.38. The summed E-state index contributed by atoms with van der Waals surface area (Å²) < 4.78 is 45.8. The molecule has 3 aromatic carbocycles. The van der Waals surface area contributed by atoms with Gasteiger partial charge in [-0.05, 0) is 53.8 Å². The van der Waals surface area contributed by atoms with Crippen LogP contribution in [0.5, 0.6) is 5.75 Å². The number of carboxylic acids is 1. The number of carboxylic acid groups (broad SMARTS) is 1. The highest BCUT2D eigenvalue weighted by atomic mass is 35.5. The molecule has 3 aromatic rings. The van der Waals surface area contributed by atoms with Crippen LogP contribution in [0.25, 0.3) is 0 Å². The van der Waals surface area contributed by atoms with Crippen LogP contribution in [0.2, 0.25) is 5.02 Å². The van der Waals surface area contributed by atoms with E-state index in [4.69, 9.17) is 21.4 Å². The number of benzene rings is 3. The summed E-state index contributed by atoms with van der Waals surface area (Å²) in [5, 5.41) is 9.47. The lowest BCUT2D eigenvalue weighted by molar-refractivity contribution is -0.139. The highest BCUT2D eigenvalue weighted by molar-refractivity contribution is 6.30. The van der Waals surface area contributed by atoms with E-state index in [1.165, 1.54) is 18.2 Å². The molecule has 4 rings (SSSR count). The minimum absolute atomic E-state index is 0.0561. The molecule has 1 aliphatic heterocycles. The fourth-order valence-electron chi connectivity index (χ4n) is 4.57. The van der Waals surface area contributed by atoms with Gasteiger partial charge >= 0.3 is 12.1 Å². The normalized spacial score (nSPS) is 15.3. The van der Waals surface area contributed by atoms with Gasteiger partial charge in [0.05, 0.1) is 11.6 Å². The van der Waals surface area contributed by atoms with E-state index in [9.17, 15) is 22.8 Å². The van der Waals surface area contributed by atoms with E-state index >= 15 is 0 Å². The van der Waals surface area contributed by atoms with Gasteiger partial charge in [0.1, 0.15) is 5.75 Å². The first-order valence-corrected chi connectivity index (χ1v) is 11.7. The number of aryl methyl sites for hydroxylation is 1. The molecule has 0 aliphatic carbocycles. The lowest BCUT2D eigenvalue weighted by atomic mass is 9.87. The van der Waals surface area contributed by atoms with Gasteiger partial charge in [-0.2, -0.15) is 13.2 Å². The van der Waals surface area contributed by atoms with E-state index in [2.05, 4.69) is 0 Å². The number of hydrogen-bond acceptors (Lipinski definition) is 3. The van der Waals surface area contributed by atoms with E-state index in [-0.39, 0.29) is 30.1 Å². The molecule has 0 radical (unpaired) electrons. The summed E-state index contributed by atoms with van der Waals surface area (Å²) in [6, 6.07) is 16.9. The molecule has 0 aromatic heterocycles. The SMILES string of the molecule is O=C(O)COc1ccc(Cl)cc1C1c2ccccc2CCN1C(=O)CCc1ccccc1C(F)(F)F. The van der Waals surface area contributed by atoms with Gasteiger partial charge in [0, 0.05) is 23.6 Å². The summed E-state index contributed by atoms with van der Waals surface area (Å²) in [5.41, 5.74) is 1.66. The molecule has 5 nitrogen and oxygen atoms in total. The summed E-state index contributed by atoms with van der Waals surface area (Å²) in [5.74, 6) is -1.21. The molecular weight excluding hydrogens is 495 g/mol. The van der Waals surface area contributed by atoms with Gasteiger partial charge in [0.2, 0.25) is 5.91 Å². The van der Waals surface area contributed by atoms with Gasteiger partial charge in [0.15, 0.2) is 6.61 Å². The largest absolute Gasteiger partial charge is 0.482 e. The Hall–Kier alpha value is -3.52. The van der Waals surface area contributed by atoms with Crippen molar-refractivity contribution in [3.05, 3.63) is 99.6 Å². The third-order valence-corrected chi connectivity index (χ3v) is 6.39. The van der Waals surface area contributed by atoms with E-state index in [0.29, 0.717) is 23.6 Å². The predicted molar refractivity (Wildman–Crippen MR) is 128 cm³/mol. The molecule has 0 saturated heterocycles. The number of amides is 1. The number of hydrogen-bond donors (Lipinski definition) is 1. The monoisotopic (exact) mass is 517 g/mol. The summed E-state index contributed by atoms with van der Waals surface area (Å²) in [7, 11) is 0. The molecular formula is C27H23ClF3NO4. The Morgan fingerprint density at radius 1 is 1.03 bits per heavy atom. The van der Waals surface area contributed by atoms with Crippen LogP contribution in [0.4, 0.5) is 13.2 Å². The van der Waals surface area contributed by atoms with Crippen LogP contribution in [0.1, 0.15) is 40.3 Å². The Labute approximate surface area is 211 Å². The molecule has 9 heteroatoms. The average Bonchev–Trinajstić information content (AvgIpc) is 2.85. The number of alkyl halides is 3. The van der Waals surface area contributed by atoms with Gasteiger partial charge in [-0.25, -0.2) is 4.79 Å². The van der Waals surface area contributed by atoms with Gasteiger partial charge < -0.3 is 14.7 Å². The molecule has 1 unspecified atom stereocenters. The first kappa shape index (κ1) is 25.6. The number of rotatable bonds is 7. The number of carbonyl (C=O) groups is 2. The van der Waals surface area contributed by atoms with Crippen molar-refractivity contribution in [1.29, 1.82) is 0 Å². The zero-order valence-electron chi connectivity index (χ0n) is 19.1. The smallest absolute Gasteiger partial charge is 0.416 e. The zero-order valence-corrected chi connectivity index (χ0v) is 19.9. The van der Waals surface area contributed by atoms with Crippen molar-refractivity contribution in [3.8, 4) is 5.75 Å². The Morgan fingerprint density at radius 3 is 2.50 bits per heavy atom. The lowest BCUT2D eigenvalue weighted by Crippen LogP contribution is -2.41. The Kier molecular flexibility index (Phi) is 7.54. The zero-order chi connectivity index (χ0) is 25.9. The molecule has 1 heterocycles. The molecule has 1 amide bonds. The van der Waals surface area contributed by atoms with Crippen molar-refractivity contribution in [2.75, 3.05) is 13.2 Å². The van der Waals surface area contributed by atoms with E-state index in [1.54, 1.807) is 23.1 Å². The van der Waals surface area contributed by atoms with Crippen LogP contribution in [-0.4, -0.2) is 35.0 Å². The van der Waals surface area contributed by atoms with Crippen molar-refractivity contribution in [3.63, 3.8) is 0 Å². The maximum atomic E-state index is 13.5. The Bertz CT molecular complexity index is 1280. The van der Waals surface area contributed by atoms with Crippen LogP contribution in [0, 0.1) is 0 Å². The number of ether oxygens (including phenoxy) is 1. The number of aliphatic carboxylic acids is 1. The topological polar surface area (TPSA) is 66.8 Å². The second kappa shape index (κ2) is 10.6. The third kappa shape index (κ3) is 5.65. The molecule has 1 N–H and O–H groups in total. The first-order chi connectivity index (χ1) is 17.1. The second-order valence-corrected chi connectivity index (χ2v) is 8.89. The number of fused-ring (bicyclic) bond motifs is 1. The fraction of sp³-hybridized carbons (Fsp3) is 0.259. The van der Waals surface area contributed by atoms with Gasteiger partial charge in [-0.3, -0.25) is 4.79 Å². The van der Waals surface area contributed by atoms with Gasteiger partial charge in [-0.1, -0.05) is 54.1 Å². The number of halogens is 4. The molecule has 0 saturated carbocycles. The van der Waals surface area contributed by atoms with Gasteiger partial charge in [-0.15, -0.1) is 0 Å².